The van der Waals surface area contributed by atoms with Crippen LogP contribution < -0.4 is 20.7 Å². The maximum Gasteiger partial charge on any atom is 0.262 e. The van der Waals surface area contributed by atoms with Crippen molar-refractivity contribution in [1.82, 2.24) is 10.6 Å². The lowest BCUT2D eigenvalue weighted by atomic mass is 10.1. The van der Waals surface area contributed by atoms with Crippen molar-refractivity contribution in [3.63, 3.8) is 0 Å². The molecule has 2 amide bonds. The fraction of sp³-hybridized carbons (Fsp3) is 0.300. The number of anilines is 1. The van der Waals surface area contributed by atoms with Crippen LogP contribution in [0.3, 0.4) is 0 Å². The highest BCUT2D eigenvalue weighted by Gasteiger charge is 2.04. The number of halogens is 1. The third-order valence-corrected chi connectivity index (χ3v) is 3.67. The van der Waals surface area contributed by atoms with Gasteiger partial charge in [0.2, 0.25) is 5.91 Å². The van der Waals surface area contributed by atoms with Gasteiger partial charge >= 0.3 is 0 Å². The fourth-order valence-electron chi connectivity index (χ4n) is 2.39. The minimum Gasteiger partial charge on any atom is -0.484 e. The first-order valence-electron chi connectivity index (χ1n) is 8.56. The molecule has 6 nitrogen and oxygen atoms in total. The monoisotopic (exact) mass is 391 g/mol. The second-order valence-corrected chi connectivity index (χ2v) is 5.98. The topological polar surface area (TPSA) is 79.5 Å². The number of hydrogen-bond donors (Lipinski definition) is 3. The van der Waals surface area contributed by atoms with Crippen LogP contribution in [-0.4, -0.2) is 38.6 Å². The number of hydrogen-bond acceptors (Lipinski definition) is 4. The summed E-state index contributed by atoms with van der Waals surface area (Å²) in [6.07, 6.45) is 0.740. The molecule has 3 N–H and O–H groups in total. The number of aryl methyl sites for hydroxylation is 1. The molecule has 27 heavy (non-hydrogen) atoms. The lowest BCUT2D eigenvalue weighted by Crippen LogP contribution is -2.33. The van der Waals surface area contributed by atoms with Crippen LogP contribution in [0.5, 0.6) is 5.75 Å². The number of carbonyl (C=O) groups is 2. The maximum absolute atomic E-state index is 11.9. The van der Waals surface area contributed by atoms with Gasteiger partial charge in [-0.2, -0.15) is 0 Å². The minimum atomic E-state index is -0.202. The van der Waals surface area contributed by atoms with Crippen LogP contribution in [0, 0.1) is 6.92 Å². The largest absolute Gasteiger partial charge is 0.484 e. The van der Waals surface area contributed by atoms with E-state index in [1.165, 1.54) is 0 Å². The first kappa shape index (κ1) is 22.5. The van der Waals surface area contributed by atoms with E-state index in [2.05, 4.69) is 16.0 Å². The normalized spacial score (nSPS) is 9.85. The first-order chi connectivity index (χ1) is 12.6. The average molecular weight is 392 g/mol. The van der Waals surface area contributed by atoms with Gasteiger partial charge in [0, 0.05) is 12.2 Å². The van der Waals surface area contributed by atoms with Gasteiger partial charge in [0.15, 0.2) is 6.61 Å². The fourth-order valence-corrected chi connectivity index (χ4v) is 2.39. The average Bonchev–Trinajstić information content (AvgIpc) is 2.61. The summed E-state index contributed by atoms with van der Waals surface area (Å²) in [5.41, 5.74) is 2.93. The summed E-state index contributed by atoms with van der Waals surface area (Å²) in [7, 11) is 1.74. The van der Waals surface area contributed by atoms with E-state index >= 15 is 0 Å². The molecule has 7 heteroatoms. The molecule has 0 heterocycles. The molecular formula is C20H26ClN3O3. The number of amides is 2. The third kappa shape index (κ3) is 8.57. The Morgan fingerprint density at radius 3 is 2.44 bits per heavy atom. The van der Waals surface area contributed by atoms with Gasteiger partial charge in [0.05, 0.1) is 6.54 Å². The van der Waals surface area contributed by atoms with Gasteiger partial charge < -0.3 is 20.7 Å². The van der Waals surface area contributed by atoms with Gasteiger partial charge in [-0.1, -0.05) is 24.3 Å². The molecule has 0 spiro atoms. The molecule has 0 bridgehead atoms. The SMILES string of the molecule is CNCC(=O)NCCc1ccc(OCC(=O)Nc2cccc(C)c2)cc1.Cl. The van der Waals surface area contributed by atoms with Crippen molar-refractivity contribution in [3.05, 3.63) is 59.7 Å². The molecule has 0 atom stereocenters. The zero-order valence-electron chi connectivity index (χ0n) is 15.6. The molecule has 0 aliphatic rings. The van der Waals surface area contributed by atoms with Crippen molar-refractivity contribution in [2.45, 2.75) is 13.3 Å². The molecule has 2 aromatic rings. The molecule has 0 aliphatic carbocycles. The summed E-state index contributed by atoms with van der Waals surface area (Å²) in [6.45, 7) is 2.82. The Bertz CT molecular complexity index is 736. The minimum absolute atomic E-state index is 0. The van der Waals surface area contributed by atoms with Gasteiger partial charge in [-0.3, -0.25) is 9.59 Å². The number of benzene rings is 2. The Morgan fingerprint density at radius 1 is 1.04 bits per heavy atom. The summed E-state index contributed by atoms with van der Waals surface area (Å²) in [6, 6.07) is 15.1. The van der Waals surface area contributed by atoms with Crippen molar-refractivity contribution in [2.24, 2.45) is 0 Å². The second kappa shape index (κ2) is 11.9. The Hall–Kier alpha value is -2.57. The van der Waals surface area contributed by atoms with Gasteiger partial charge in [0.1, 0.15) is 5.75 Å². The molecule has 2 rings (SSSR count). The van der Waals surface area contributed by atoms with Crippen molar-refractivity contribution in [1.29, 1.82) is 0 Å². The quantitative estimate of drug-likeness (QED) is 0.613. The van der Waals surface area contributed by atoms with Crippen LogP contribution in [0.4, 0.5) is 5.69 Å². The Morgan fingerprint density at radius 2 is 1.78 bits per heavy atom. The first-order valence-corrected chi connectivity index (χ1v) is 8.56. The highest BCUT2D eigenvalue weighted by Crippen LogP contribution is 2.13. The molecule has 0 radical (unpaired) electrons. The van der Waals surface area contributed by atoms with Crippen LogP contribution >= 0.6 is 12.4 Å². The van der Waals surface area contributed by atoms with Gasteiger partial charge in [-0.25, -0.2) is 0 Å². The van der Waals surface area contributed by atoms with E-state index in [1.807, 2.05) is 55.5 Å². The van der Waals surface area contributed by atoms with Gasteiger partial charge in [0.25, 0.3) is 5.91 Å². The highest BCUT2D eigenvalue weighted by molar-refractivity contribution is 5.91. The number of nitrogens with one attached hydrogen (secondary N) is 3. The number of likely N-dealkylation sites (N-methyl/N-ethyl adjacent to an activating group) is 1. The molecule has 0 aliphatic heterocycles. The molecule has 0 aromatic heterocycles. The number of carbonyl (C=O) groups excluding carboxylic acids is 2. The zero-order valence-corrected chi connectivity index (χ0v) is 16.4. The molecule has 0 saturated carbocycles. The standard InChI is InChI=1S/C20H25N3O3.ClH/c1-15-4-3-5-17(12-15)23-20(25)14-26-18-8-6-16(7-9-18)10-11-22-19(24)13-21-2;/h3-9,12,21H,10-11,13-14H2,1-2H3,(H,22,24)(H,23,25);1H. The molecule has 146 valence electrons. The van der Waals surface area contributed by atoms with E-state index in [1.54, 1.807) is 7.05 Å². The molecule has 0 unspecified atom stereocenters. The van der Waals surface area contributed by atoms with Crippen LogP contribution in [0.15, 0.2) is 48.5 Å². The van der Waals surface area contributed by atoms with E-state index < -0.39 is 0 Å². The molecular weight excluding hydrogens is 366 g/mol. The van der Waals surface area contributed by atoms with E-state index in [0.29, 0.717) is 18.8 Å². The summed E-state index contributed by atoms with van der Waals surface area (Å²) in [4.78, 5) is 23.3. The van der Waals surface area contributed by atoms with Crippen LogP contribution in [0.1, 0.15) is 11.1 Å². The Labute approximate surface area is 166 Å². The van der Waals surface area contributed by atoms with Gasteiger partial charge in [-0.15, -0.1) is 12.4 Å². The van der Waals surface area contributed by atoms with E-state index in [9.17, 15) is 9.59 Å². The van der Waals surface area contributed by atoms with E-state index in [-0.39, 0.29) is 30.8 Å². The van der Waals surface area contributed by atoms with Crippen molar-refractivity contribution < 1.29 is 14.3 Å². The van der Waals surface area contributed by atoms with Crippen LogP contribution in [0.25, 0.3) is 0 Å². The summed E-state index contributed by atoms with van der Waals surface area (Å²) in [5, 5.41) is 8.44. The van der Waals surface area contributed by atoms with Crippen molar-refractivity contribution >= 4 is 29.9 Å². The maximum atomic E-state index is 11.9. The lowest BCUT2D eigenvalue weighted by Gasteiger charge is -2.09. The number of rotatable bonds is 9. The van der Waals surface area contributed by atoms with E-state index in [4.69, 9.17) is 4.74 Å². The van der Waals surface area contributed by atoms with Crippen LogP contribution in [-0.2, 0) is 16.0 Å². The van der Waals surface area contributed by atoms with Crippen LogP contribution in [0.2, 0.25) is 0 Å². The summed E-state index contributed by atoms with van der Waals surface area (Å²) >= 11 is 0. The Balaban J connectivity index is 0.00000364. The highest BCUT2D eigenvalue weighted by atomic mass is 35.5. The van der Waals surface area contributed by atoms with Gasteiger partial charge in [-0.05, 0) is 55.8 Å². The van der Waals surface area contributed by atoms with Crippen molar-refractivity contribution in [2.75, 3.05) is 32.1 Å². The number of ether oxygens (including phenoxy) is 1. The summed E-state index contributed by atoms with van der Waals surface area (Å²) < 4.78 is 5.51. The molecule has 2 aromatic carbocycles. The second-order valence-electron chi connectivity index (χ2n) is 5.98. The smallest absolute Gasteiger partial charge is 0.262 e. The van der Waals surface area contributed by atoms with Crippen molar-refractivity contribution in [3.8, 4) is 5.75 Å². The van der Waals surface area contributed by atoms with E-state index in [0.717, 1.165) is 23.2 Å². The lowest BCUT2D eigenvalue weighted by molar-refractivity contribution is -0.120. The zero-order chi connectivity index (χ0) is 18.8. The third-order valence-electron chi connectivity index (χ3n) is 3.67. The molecule has 0 saturated heterocycles. The predicted octanol–water partition coefficient (Wildman–Crippen LogP) is 2.31. The Kier molecular flexibility index (Phi) is 9.93. The molecule has 0 fully saturated rings. The summed E-state index contributed by atoms with van der Waals surface area (Å²) in [5.74, 6) is 0.409. The predicted molar refractivity (Wildman–Crippen MR) is 110 cm³/mol.